The van der Waals surface area contributed by atoms with Gasteiger partial charge in [0.1, 0.15) is 10.5 Å². The molecule has 1 saturated carbocycles. The first-order valence-corrected chi connectivity index (χ1v) is 9.21. The molecule has 7 heteroatoms. The van der Waals surface area contributed by atoms with Crippen LogP contribution in [0, 0.1) is 24.2 Å². The Morgan fingerprint density at radius 1 is 1.38 bits per heavy atom. The van der Waals surface area contributed by atoms with Crippen molar-refractivity contribution in [3.05, 3.63) is 40.9 Å². The number of amides is 1. The Kier molecular flexibility index (Phi) is 5.05. The van der Waals surface area contributed by atoms with Crippen molar-refractivity contribution in [2.75, 3.05) is 6.61 Å². The van der Waals surface area contributed by atoms with E-state index in [2.05, 4.69) is 16.4 Å². The van der Waals surface area contributed by atoms with Crippen LogP contribution >= 0.6 is 11.3 Å². The maximum atomic E-state index is 12.1. The summed E-state index contributed by atoms with van der Waals surface area (Å²) in [5.74, 6) is -0.967. The number of esters is 1. The van der Waals surface area contributed by atoms with Gasteiger partial charge in [0.2, 0.25) is 0 Å². The summed E-state index contributed by atoms with van der Waals surface area (Å²) in [4.78, 5) is 28.4. The number of aryl methyl sites for hydroxylation is 1. The molecular weight excluding hydrogens is 350 g/mol. The maximum Gasteiger partial charge on any atom is 0.358 e. The number of nitrogens with zero attached hydrogens (tertiary/aromatic N) is 2. The molecule has 1 fully saturated rings. The third-order valence-electron chi connectivity index (χ3n) is 4.37. The van der Waals surface area contributed by atoms with Crippen LogP contribution in [0.3, 0.4) is 0 Å². The van der Waals surface area contributed by atoms with E-state index in [-0.39, 0.29) is 11.6 Å². The van der Waals surface area contributed by atoms with Crippen LogP contribution in [0.5, 0.6) is 0 Å². The first-order chi connectivity index (χ1) is 12.4. The molecule has 6 nitrogen and oxygen atoms in total. The van der Waals surface area contributed by atoms with E-state index in [1.165, 1.54) is 11.3 Å². The number of nitriles is 1. The molecule has 1 aromatic carbocycles. The topological polar surface area (TPSA) is 92.1 Å². The third-order valence-corrected chi connectivity index (χ3v) is 5.26. The second-order valence-corrected chi connectivity index (χ2v) is 7.47. The second-order valence-electron chi connectivity index (χ2n) is 6.62. The minimum absolute atomic E-state index is 0.169. The van der Waals surface area contributed by atoms with Crippen LogP contribution in [-0.2, 0) is 9.53 Å². The number of carbonyl (C=O) groups is 2. The fourth-order valence-corrected chi connectivity index (χ4v) is 3.40. The SMILES string of the molecule is Cc1ccc(-c2nc(C(=O)OCC(=O)N[C@](C)(C#N)C3CC3)cs2)cc1. The van der Waals surface area contributed by atoms with E-state index in [1.54, 1.807) is 12.3 Å². The Balaban J connectivity index is 1.56. The molecule has 1 aromatic heterocycles. The monoisotopic (exact) mass is 369 g/mol. The van der Waals surface area contributed by atoms with Gasteiger partial charge in [0.15, 0.2) is 12.3 Å². The Morgan fingerprint density at radius 2 is 2.08 bits per heavy atom. The normalized spacial score (nSPS) is 15.6. The van der Waals surface area contributed by atoms with Gasteiger partial charge in [0.25, 0.3) is 5.91 Å². The lowest BCUT2D eigenvalue weighted by molar-refractivity contribution is -0.125. The summed E-state index contributed by atoms with van der Waals surface area (Å²) >= 11 is 1.34. The highest BCUT2D eigenvalue weighted by Gasteiger charge is 2.43. The highest BCUT2D eigenvalue weighted by molar-refractivity contribution is 7.13. The van der Waals surface area contributed by atoms with Crippen molar-refractivity contribution in [1.82, 2.24) is 10.3 Å². The van der Waals surface area contributed by atoms with E-state index in [1.807, 2.05) is 31.2 Å². The van der Waals surface area contributed by atoms with Crippen LogP contribution < -0.4 is 5.32 Å². The molecule has 1 atom stereocenters. The van der Waals surface area contributed by atoms with Crippen LogP contribution in [0.25, 0.3) is 10.6 Å². The predicted molar refractivity (Wildman–Crippen MR) is 97.5 cm³/mol. The molecule has 1 heterocycles. The molecule has 134 valence electrons. The van der Waals surface area contributed by atoms with Crippen molar-refractivity contribution in [3.63, 3.8) is 0 Å². The van der Waals surface area contributed by atoms with Crippen molar-refractivity contribution in [2.24, 2.45) is 5.92 Å². The first-order valence-electron chi connectivity index (χ1n) is 8.33. The smallest absolute Gasteiger partial charge is 0.358 e. The third kappa shape index (κ3) is 4.09. The summed E-state index contributed by atoms with van der Waals surface area (Å²) in [6.45, 7) is 3.26. The van der Waals surface area contributed by atoms with Crippen LogP contribution in [-0.4, -0.2) is 29.0 Å². The average molecular weight is 369 g/mol. The Bertz CT molecular complexity index is 865. The number of thiazole rings is 1. The number of nitrogens with one attached hydrogen (secondary N) is 1. The molecule has 1 aliphatic rings. The van der Waals surface area contributed by atoms with E-state index in [4.69, 9.17) is 4.74 Å². The molecule has 0 radical (unpaired) electrons. The molecule has 0 aliphatic heterocycles. The molecule has 0 bridgehead atoms. The van der Waals surface area contributed by atoms with Crippen molar-refractivity contribution in [2.45, 2.75) is 32.2 Å². The zero-order valence-electron chi connectivity index (χ0n) is 14.6. The lowest BCUT2D eigenvalue weighted by atomic mass is 9.98. The Hall–Kier alpha value is -2.72. The summed E-state index contributed by atoms with van der Waals surface area (Å²) < 4.78 is 5.03. The molecule has 0 unspecified atom stereocenters. The standard InChI is InChI=1S/C19H19N3O3S/c1-12-3-5-13(6-4-12)17-21-15(10-26-17)18(24)25-9-16(23)22-19(2,11-20)14-7-8-14/h3-6,10,14H,7-9H2,1-2H3,(H,22,23)/t19-/m1/s1. The quantitative estimate of drug-likeness (QED) is 0.790. The van der Waals surface area contributed by atoms with Gasteiger partial charge in [-0.3, -0.25) is 4.79 Å². The van der Waals surface area contributed by atoms with Gasteiger partial charge in [0, 0.05) is 10.9 Å². The fraction of sp³-hybridized carbons (Fsp3) is 0.368. The molecule has 1 aliphatic carbocycles. The van der Waals surface area contributed by atoms with Gasteiger partial charge in [-0.2, -0.15) is 5.26 Å². The van der Waals surface area contributed by atoms with Crippen molar-refractivity contribution >= 4 is 23.2 Å². The summed E-state index contributed by atoms with van der Waals surface area (Å²) in [5.41, 5.74) is 1.34. The zero-order valence-corrected chi connectivity index (χ0v) is 15.4. The highest BCUT2D eigenvalue weighted by Crippen LogP contribution is 2.39. The Morgan fingerprint density at radius 3 is 2.69 bits per heavy atom. The van der Waals surface area contributed by atoms with Crippen LogP contribution in [0.15, 0.2) is 29.6 Å². The van der Waals surface area contributed by atoms with E-state index >= 15 is 0 Å². The van der Waals surface area contributed by atoms with Crippen molar-refractivity contribution in [3.8, 4) is 16.6 Å². The minimum Gasteiger partial charge on any atom is -0.451 e. The minimum atomic E-state index is -0.900. The van der Waals surface area contributed by atoms with E-state index in [0.29, 0.717) is 5.01 Å². The van der Waals surface area contributed by atoms with Gasteiger partial charge in [-0.15, -0.1) is 11.3 Å². The largest absolute Gasteiger partial charge is 0.451 e. The predicted octanol–water partition coefficient (Wildman–Crippen LogP) is 3.08. The molecule has 0 saturated heterocycles. The van der Waals surface area contributed by atoms with Crippen LogP contribution in [0.4, 0.5) is 0 Å². The lowest BCUT2D eigenvalue weighted by Crippen LogP contribution is -2.48. The average Bonchev–Trinajstić information content (AvgIpc) is 3.38. The fourth-order valence-electron chi connectivity index (χ4n) is 2.61. The maximum absolute atomic E-state index is 12.1. The van der Waals surface area contributed by atoms with E-state index in [0.717, 1.165) is 24.0 Å². The molecule has 0 spiro atoms. The highest BCUT2D eigenvalue weighted by atomic mass is 32.1. The number of hydrogen-bond acceptors (Lipinski definition) is 6. The van der Waals surface area contributed by atoms with E-state index < -0.39 is 24.0 Å². The number of benzene rings is 1. The molecule has 1 amide bonds. The molecular formula is C19H19N3O3S. The second kappa shape index (κ2) is 7.26. The van der Waals surface area contributed by atoms with Gasteiger partial charge in [-0.25, -0.2) is 9.78 Å². The number of rotatable bonds is 6. The van der Waals surface area contributed by atoms with E-state index in [9.17, 15) is 14.9 Å². The zero-order chi connectivity index (χ0) is 18.7. The van der Waals surface area contributed by atoms with Gasteiger partial charge in [0.05, 0.1) is 6.07 Å². The molecule has 2 aromatic rings. The van der Waals surface area contributed by atoms with Gasteiger partial charge in [-0.05, 0) is 32.6 Å². The van der Waals surface area contributed by atoms with Crippen LogP contribution in [0.2, 0.25) is 0 Å². The molecule has 26 heavy (non-hydrogen) atoms. The molecule has 1 N–H and O–H groups in total. The van der Waals surface area contributed by atoms with Gasteiger partial charge < -0.3 is 10.1 Å². The van der Waals surface area contributed by atoms with Crippen molar-refractivity contribution < 1.29 is 14.3 Å². The number of hydrogen-bond donors (Lipinski definition) is 1. The van der Waals surface area contributed by atoms with Gasteiger partial charge >= 0.3 is 5.97 Å². The van der Waals surface area contributed by atoms with Crippen LogP contribution in [0.1, 0.15) is 35.8 Å². The van der Waals surface area contributed by atoms with Crippen molar-refractivity contribution in [1.29, 1.82) is 5.26 Å². The molecule has 3 rings (SSSR count). The number of carbonyl (C=O) groups excluding carboxylic acids is 2. The summed E-state index contributed by atoms with van der Waals surface area (Å²) in [6.07, 6.45) is 1.84. The summed E-state index contributed by atoms with van der Waals surface area (Å²) in [5, 5.41) is 14.2. The number of aromatic nitrogens is 1. The summed E-state index contributed by atoms with van der Waals surface area (Å²) in [6, 6.07) is 9.97. The van der Waals surface area contributed by atoms with Gasteiger partial charge in [-0.1, -0.05) is 29.8 Å². The number of ether oxygens (including phenoxy) is 1. The first kappa shape index (κ1) is 18.1. The summed E-state index contributed by atoms with van der Waals surface area (Å²) in [7, 11) is 0. The lowest BCUT2D eigenvalue weighted by Gasteiger charge is -2.22. The Labute approximate surface area is 155 Å².